The van der Waals surface area contributed by atoms with Crippen molar-refractivity contribution in [3.05, 3.63) is 164 Å². The van der Waals surface area contributed by atoms with Crippen LogP contribution in [0.5, 0.6) is 0 Å². The van der Waals surface area contributed by atoms with Crippen LogP contribution in [-0.4, -0.2) is 14.2 Å². The van der Waals surface area contributed by atoms with Gasteiger partial charge in [0.15, 0.2) is 0 Å². The number of fused-ring (bicyclic) bond motifs is 6. The highest BCUT2D eigenvalue weighted by Gasteiger charge is 2.16. The molecule has 0 fully saturated rings. The zero-order valence-electron chi connectivity index (χ0n) is 23.9. The molecule has 6 aromatic carbocycles. The predicted octanol–water partition coefficient (Wildman–Crippen LogP) is 10.6. The van der Waals surface area contributed by atoms with Crippen molar-refractivity contribution in [2.45, 2.75) is 0 Å². The first-order valence-electron chi connectivity index (χ1n) is 15.0. The van der Waals surface area contributed by atoms with E-state index in [1.54, 1.807) is 0 Å². The zero-order chi connectivity index (χ0) is 29.0. The van der Waals surface area contributed by atoms with Crippen molar-refractivity contribution in [2.24, 2.45) is 0 Å². The highest BCUT2D eigenvalue weighted by molar-refractivity contribution is 6.11. The average molecular weight is 562 g/mol. The molecule has 9 aromatic rings. The van der Waals surface area contributed by atoms with Gasteiger partial charge in [-0.1, -0.05) is 109 Å². The molecule has 0 saturated heterocycles. The minimum absolute atomic E-state index is 1.11. The number of para-hydroxylation sites is 1. The molecule has 0 aliphatic heterocycles. The second kappa shape index (κ2) is 9.82. The molecule has 0 amide bonds. The van der Waals surface area contributed by atoms with E-state index in [2.05, 4.69) is 162 Å². The fourth-order valence-electron chi connectivity index (χ4n) is 6.63. The molecule has 0 aliphatic carbocycles. The molecule has 0 aliphatic rings. The van der Waals surface area contributed by atoms with Crippen LogP contribution in [0.25, 0.3) is 77.3 Å². The number of rotatable bonds is 4. The Morgan fingerprint density at radius 1 is 0.386 bits per heavy atom. The number of aromatic nitrogens is 3. The van der Waals surface area contributed by atoms with E-state index in [9.17, 15) is 0 Å². The van der Waals surface area contributed by atoms with Crippen LogP contribution in [0.15, 0.2) is 164 Å². The third-order valence-corrected chi connectivity index (χ3v) is 8.81. The van der Waals surface area contributed by atoms with Gasteiger partial charge in [0.25, 0.3) is 0 Å². The highest BCUT2D eigenvalue weighted by atomic mass is 15.2. The Morgan fingerprint density at radius 3 is 1.57 bits per heavy atom. The van der Waals surface area contributed by atoms with Crippen molar-refractivity contribution < 1.29 is 0 Å². The Hall–Kier alpha value is -5.93. The van der Waals surface area contributed by atoms with Crippen molar-refractivity contribution in [1.29, 1.82) is 0 Å². The fourth-order valence-corrected chi connectivity index (χ4v) is 6.63. The molecule has 0 spiro atoms. The fraction of sp³-hybridized carbons (Fsp3) is 0. The standard InChI is InChI=1S/C41H27N3/c1-3-9-28(10-4-1)32-18-22-39-35(25-32)36-26-33(29-11-5-2-6-12-29)19-23-40(36)43(39)34-20-15-30(16-21-34)37-27-42-44-38-14-8-7-13-31(38)17-24-41(37)44/h1-27H. The lowest BCUT2D eigenvalue weighted by Gasteiger charge is -2.10. The van der Waals surface area contributed by atoms with Crippen LogP contribution in [0.2, 0.25) is 0 Å². The second-order valence-electron chi connectivity index (χ2n) is 11.3. The van der Waals surface area contributed by atoms with E-state index in [1.165, 1.54) is 49.4 Å². The molecular weight excluding hydrogens is 534 g/mol. The van der Waals surface area contributed by atoms with Gasteiger partial charge >= 0.3 is 0 Å². The summed E-state index contributed by atoms with van der Waals surface area (Å²) >= 11 is 0. The largest absolute Gasteiger partial charge is 0.309 e. The molecule has 3 nitrogen and oxygen atoms in total. The minimum atomic E-state index is 1.11. The topological polar surface area (TPSA) is 22.2 Å². The lowest BCUT2D eigenvalue weighted by Crippen LogP contribution is -1.94. The smallest absolute Gasteiger partial charge is 0.0747 e. The van der Waals surface area contributed by atoms with E-state index in [0.717, 1.165) is 27.8 Å². The van der Waals surface area contributed by atoms with E-state index in [0.29, 0.717) is 0 Å². The molecule has 0 N–H and O–H groups in total. The van der Waals surface area contributed by atoms with Gasteiger partial charge in [0.1, 0.15) is 0 Å². The Labute approximate surface area is 254 Å². The summed E-state index contributed by atoms with van der Waals surface area (Å²) in [5.74, 6) is 0. The molecule has 0 bridgehead atoms. The molecule has 0 atom stereocenters. The van der Waals surface area contributed by atoms with Gasteiger partial charge in [-0.25, -0.2) is 4.52 Å². The number of pyridine rings is 1. The van der Waals surface area contributed by atoms with E-state index < -0.39 is 0 Å². The van der Waals surface area contributed by atoms with Gasteiger partial charge in [0.05, 0.1) is 28.3 Å². The van der Waals surface area contributed by atoms with E-state index >= 15 is 0 Å². The first-order valence-corrected chi connectivity index (χ1v) is 15.0. The SMILES string of the molecule is c1ccc(-c2ccc3c(c2)c2cc(-c4ccccc4)ccc2n3-c2ccc(-c3cnn4c3ccc3ccccc34)cc2)cc1. The van der Waals surface area contributed by atoms with Crippen LogP contribution in [0, 0.1) is 0 Å². The van der Waals surface area contributed by atoms with Crippen LogP contribution in [-0.2, 0) is 0 Å². The summed E-state index contributed by atoms with van der Waals surface area (Å²) in [6.07, 6.45) is 1.98. The first kappa shape index (κ1) is 24.6. The number of hydrogen-bond donors (Lipinski definition) is 0. The summed E-state index contributed by atoms with van der Waals surface area (Å²) in [6.45, 7) is 0. The zero-order valence-corrected chi connectivity index (χ0v) is 23.9. The number of nitrogens with zero attached hydrogens (tertiary/aromatic N) is 3. The van der Waals surface area contributed by atoms with E-state index in [-0.39, 0.29) is 0 Å². The summed E-state index contributed by atoms with van der Waals surface area (Å²) < 4.78 is 4.43. The van der Waals surface area contributed by atoms with Crippen molar-refractivity contribution in [1.82, 2.24) is 14.2 Å². The number of hydrogen-bond acceptors (Lipinski definition) is 1. The minimum Gasteiger partial charge on any atom is -0.309 e. The monoisotopic (exact) mass is 561 g/mol. The molecule has 206 valence electrons. The molecule has 3 heterocycles. The summed E-state index contributed by atoms with van der Waals surface area (Å²) in [5, 5.41) is 8.43. The van der Waals surface area contributed by atoms with Gasteiger partial charge in [-0.2, -0.15) is 5.10 Å². The van der Waals surface area contributed by atoms with Crippen molar-refractivity contribution in [3.63, 3.8) is 0 Å². The molecule has 3 heteroatoms. The summed E-state index contributed by atoms with van der Waals surface area (Å²) in [5.41, 5.74) is 12.9. The highest BCUT2D eigenvalue weighted by Crippen LogP contribution is 2.38. The Balaban J connectivity index is 1.21. The maximum Gasteiger partial charge on any atom is 0.0747 e. The lowest BCUT2D eigenvalue weighted by atomic mass is 10.0. The summed E-state index contributed by atoms with van der Waals surface area (Å²) in [6, 6.07) is 56.6. The maximum atomic E-state index is 4.76. The Kier molecular flexibility index (Phi) is 5.50. The Bertz CT molecular complexity index is 2370. The quantitative estimate of drug-likeness (QED) is 0.209. The average Bonchev–Trinajstić information content (AvgIpc) is 3.68. The maximum absolute atomic E-state index is 4.76. The van der Waals surface area contributed by atoms with Crippen LogP contribution in [0.3, 0.4) is 0 Å². The first-order chi connectivity index (χ1) is 21.8. The molecule has 44 heavy (non-hydrogen) atoms. The van der Waals surface area contributed by atoms with Crippen molar-refractivity contribution in [3.8, 4) is 39.1 Å². The third-order valence-electron chi connectivity index (χ3n) is 8.81. The number of benzene rings is 6. The normalized spacial score (nSPS) is 11.6. The van der Waals surface area contributed by atoms with Gasteiger partial charge < -0.3 is 4.57 Å². The molecule has 9 rings (SSSR count). The van der Waals surface area contributed by atoms with Crippen molar-refractivity contribution >= 4 is 38.2 Å². The summed E-state index contributed by atoms with van der Waals surface area (Å²) in [7, 11) is 0. The van der Waals surface area contributed by atoms with Crippen LogP contribution >= 0.6 is 0 Å². The predicted molar refractivity (Wildman–Crippen MR) is 183 cm³/mol. The molecule has 0 radical (unpaired) electrons. The molecule has 0 unspecified atom stereocenters. The third kappa shape index (κ3) is 3.87. The van der Waals surface area contributed by atoms with Gasteiger partial charge in [-0.15, -0.1) is 0 Å². The van der Waals surface area contributed by atoms with E-state index in [4.69, 9.17) is 5.10 Å². The molecular formula is C41H27N3. The molecule has 3 aromatic heterocycles. The lowest BCUT2D eigenvalue weighted by molar-refractivity contribution is 1.00. The summed E-state index contributed by atoms with van der Waals surface area (Å²) in [4.78, 5) is 0. The van der Waals surface area contributed by atoms with Crippen LogP contribution in [0.4, 0.5) is 0 Å². The van der Waals surface area contributed by atoms with Gasteiger partial charge in [-0.3, -0.25) is 0 Å². The van der Waals surface area contributed by atoms with Crippen LogP contribution < -0.4 is 0 Å². The van der Waals surface area contributed by atoms with Gasteiger partial charge in [0, 0.05) is 27.4 Å². The van der Waals surface area contributed by atoms with Crippen LogP contribution in [0.1, 0.15) is 0 Å². The van der Waals surface area contributed by atoms with Crippen molar-refractivity contribution in [2.75, 3.05) is 0 Å². The second-order valence-corrected chi connectivity index (χ2v) is 11.3. The van der Waals surface area contributed by atoms with Gasteiger partial charge in [-0.05, 0) is 76.3 Å². The van der Waals surface area contributed by atoms with E-state index in [1.807, 2.05) is 10.7 Å². The van der Waals surface area contributed by atoms with Gasteiger partial charge in [0.2, 0.25) is 0 Å². The molecule has 0 saturated carbocycles. The Morgan fingerprint density at radius 2 is 0.932 bits per heavy atom.